The minimum atomic E-state index is -0.727. The Balaban J connectivity index is 1.95. The lowest BCUT2D eigenvalue weighted by atomic mass is 9.92. The van der Waals surface area contributed by atoms with Gasteiger partial charge in [-0.3, -0.25) is 9.78 Å². The van der Waals surface area contributed by atoms with E-state index >= 15 is 0 Å². The van der Waals surface area contributed by atoms with E-state index in [1.807, 2.05) is 12.1 Å². The second-order valence-electron chi connectivity index (χ2n) is 7.70. The summed E-state index contributed by atoms with van der Waals surface area (Å²) in [6, 6.07) is 5.55. The van der Waals surface area contributed by atoms with Gasteiger partial charge in [-0.05, 0) is 64.9 Å². The summed E-state index contributed by atoms with van der Waals surface area (Å²) >= 11 is 0. The van der Waals surface area contributed by atoms with Gasteiger partial charge in [-0.2, -0.15) is 0 Å². The van der Waals surface area contributed by atoms with E-state index < -0.39 is 17.4 Å². The highest BCUT2D eigenvalue weighted by Gasteiger charge is 2.30. The van der Waals surface area contributed by atoms with Crippen molar-refractivity contribution < 1.29 is 14.3 Å². The highest BCUT2D eigenvalue weighted by Crippen LogP contribution is 2.32. The van der Waals surface area contributed by atoms with Crippen LogP contribution in [0.1, 0.15) is 55.6 Å². The number of hydrogen-bond donors (Lipinski definition) is 2. The van der Waals surface area contributed by atoms with Crippen LogP contribution in [0.5, 0.6) is 0 Å². The van der Waals surface area contributed by atoms with Gasteiger partial charge in [0.15, 0.2) is 0 Å². The number of nitrogens with zero attached hydrogens (tertiary/aromatic N) is 1. The Kier molecular flexibility index (Phi) is 5.23. The van der Waals surface area contributed by atoms with Gasteiger partial charge in [0.05, 0.1) is 11.0 Å². The summed E-state index contributed by atoms with van der Waals surface area (Å²) in [7, 11) is 0. The third-order valence-electron chi connectivity index (χ3n) is 4.60. The van der Waals surface area contributed by atoms with Gasteiger partial charge in [-0.1, -0.05) is 0 Å². The van der Waals surface area contributed by atoms with E-state index in [9.17, 15) is 9.59 Å². The number of nitrogens with one attached hydrogen (secondary N) is 2. The average molecular weight is 355 g/mol. The molecule has 0 unspecified atom stereocenters. The van der Waals surface area contributed by atoms with Gasteiger partial charge in [0, 0.05) is 35.3 Å². The molecule has 0 bridgehead atoms. The summed E-state index contributed by atoms with van der Waals surface area (Å²) in [6.07, 6.45) is 5.29. The fourth-order valence-electron chi connectivity index (χ4n) is 3.05. The molecule has 0 aliphatic carbocycles. The van der Waals surface area contributed by atoms with Gasteiger partial charge in [0.1, 0.15) is 0 Å². The smallest absolute Gasteiger partial charge is 0.347 e. The number of ether oxygens (including phenoxy) is 1. The summed E-state index contributed by atoms with van der Waals surface area (Å²) in [5.41, 5.74) is 2.34. The molecule has 0 atom stereocenters. The first-order valence-corrected chi connectivity index (χ1v) is 8.97. The largest absolute Gasteiger partial charge is 0.389 e. The zero-order chi connectivity index (χ0) is 18.7. The number of aromatic amines is 1. The number of H-pyrrole nitrogens is 1. The number of hydrogen-bond acceptors (Lipinski definition) is 5. The quantitative estimate of drug-likeness (QED) is 0.652. The van der Waals surface area contributed by atoms with Crippen LogP contribution in [0.2, 0.25) is 0 Å². The molecule has 138 valence electrons. The number of pyridine rings is 1. The van der Waals surface area contributed by atoms with E-state index in [0.29, 0.717) is 5.56 Å². The van der Waals surface area contributed by atoms with Crippen LogP contribution < -0.4 is 5.32 Å². The number of carbonyl (C=O) groups excluding carboxylic acids is 2. The van der Waals surface area contributed by atoms with E-state index in [-0.39, 0.29) is 5.92 Å². The molecule has 0 radical (unpaired) electrons. The predicted molar refractivity (Wildman–Crippen MR) is 98.7 cm³/mol. The Hall–Kier alpha value is -2.47. The van der Waals surface area contributed by atoms with Crippen LogP contribution in [0.3, 0.4) is 0 Å². The standard InChI is InChI=1S/C20H25N3O3/c1-20(2,3)19(25)26-18(24)15-12-16(13-4-8-21-9-5-13)23-17(15)14-6-10-22-11-7-14/h4-5,8-9,12,14,22-23H,6-7,10-11H2,1-3H3. The van der Waals surface area contributed by atoms with Crippen molar-refractivity contribution in [3.05, 3.63) is 41.9 Å². The Morgan fingerprint density at radius 1 is 1.15 bits per heavy atom. The van der Waals surface area contributed by atoms with Crippen molar-refractivity contribution in [3.63, 3.8) is 0 Å². The molecule has 2 N–H and O–H groups in total. The van der Waals surface area contributed by atoms with Crippen LogP contribution in [0, 0.1) is 5.41 Å². The molecule has 0 saturated carbocycles. The molecule has 1 aliphatic rings. The highest BCUT2D eigenvalue weighted by molar-refractivity contribution is 6.00. The lowest BCUT2D eigenvalue weighted by molar-refractivity contribution is -0.146. The highest BCUT2D eigenvalue weighted by atomic mass is 16.6. The fraction of sp³-hybridized carbons (Fsp3) is 0.450. The maximum atomic E-state index is 12.7. The van der Waals surface area contributed by atoms with E-state index in [4.69, 9.17) is 4.74 Å². The normalized spacial score (nSPS) is 15.7. The second kappa shape index (κ2) is 7.41. The van der Waals surface area contributed by atoms with Crippen molar-refractivity contribution in [2.45, 2.75) is 39.5 Å². The lowest BCUT2D eigenvalue weighted by Gasteiger charge is -2.23. The zero-order valence-electron chi connectivity index (χ0n) is 15.5. The van der Waals surface area contributed by atoms with E-state index in [0.717, 1.165) is 42.9 Å². The molecule has 6 nitrogen and oxygen atoms in total. The van der Waals surface area contributed by atoms with Crippen LogP contribution in [-0.2, 0) is 9.53 Å². The van der Waals surface area contributed by atoms with Gasteiger partial charge >= 0.3 is 11.9 Å². The van der Waals surface area contributed by atoms with Crippen molar-refractivity contribution in [3.8, 4) is 11.3 Å². The van der Waals surface area contributed by atoms with Gasteiger partial charge in [-0.25, -0.2) is 4.79 Å². The Morgan fingerprint density at radius 3 is 2.42 bits per heavy atom. The lowest BCUT2D eigenvalue weighted by Crippen LogP contribution is -2.29. The molecule has 3 rings (SSSR count). The first kappa shape index (κ1) is 18.3. The van der Waals surface area contributed by atoms with Crippen LogP contribution in [-0.4, -0.2) is 35.0 Å². The average Bonchev–Trinajstić information content (AvgIpc) is 3.08. The maximum absolute atomic E-state index is 12.7. The van der Waals surface area contributed by atoms with Crippen LogP contribution in [0.15, 0.2) is 30.6 Å². The SMILES string of the molecule is CC(C)(C)C(=O)OC(=O)c1cc(-c2ccncc2)[nH]c1C1CCNCC1. The van der Waals surface area contributed by atoms with E-state index in [1.54, 1.807) is 39.2 Å². The molecule has 1 saturated heterocycles. The molecule has 0 spiro atoms. The molecule has 26 heavy (non-hydrogen) atoms. The third kappa shape index (κ3) is 4.02. The molecule has 0 aromatic carbocycles. The Bertz CT molecular complexity index is 784. The summed E-state index contributed by atoms with van der Waals surface area (Å²) in [4.78, 5) is 32.3. The topological polar surface area (TPSA) is 84.1 Å². The van der Waals surface area contributed by atoms with Gasteiger partial charge in [0.25, 0.3) is 0 Å². The molecule has 6 heteroatoms. The number of aromatic nitrogens is 2. The van der Waals surface area contributed by atoms with Crippen LogP contribution in [0.4, 0.5) is 0 Å². The van der Waals surface area contributed by atoms with E-state index in [1.165, 1.54) is 0 Å². The molecular formula is C20H25N3O3. The zero-order valence-corrected chi connectivity index (χ0v) is 15.5. The Morgan fingerprint density at radius 2 is 1.81 bits per heavy atom. The second-order valence-corrected chi connectivity index (χ2v) is 7.70. The van der Waals surface area contributed by atoms with Gasteiger partial charge in [0.2, 0.25) is 0 Å². The number of piperidine rings is 1. The van der Waals surface area contributed by atoms with Crippen molar-refractivity contribution in [1.82, 2.24) is 15.3 Å². The van der Waals surface area contributed by atoms with Gasteiger partial charge < -0.3 is 15.0 Å². The van der Waals surface area contributed by atoms with Crippen molar-refractivity contribution in [2.75, 3.05) is 13.1 Å². The molecule has 1 fully saturated rings. The van der Waals surface area contributed by atoms with Crippen molar-refractivity contribution in [1.29, 1.82) is 0 Å². The van der Waals surface area contributed by atoms with Gasteiger partial charge in [-0.15, -0.1) is 0 Å². The van der Waals surface area contributed by atoms with Crippen LogP contribution >= 0.6 is 0 Å². The monoisotopic (exact) mass is 355 g/mol. The number of carbonyl (C=O) groups is 2. The predicted octanol–water partition coefficient (Wildman–Crippen LogP) is 3.27. The molecule has 3 heterocycles. The summed E-state index contributed by atoms with van der Waals surface area (Å²) in [5, 5.41) is 3.33. The van der Waals surface area contributed by atoms with E-state index in [2.05, 4.69) is 15.3 Å². The minimum absolute atomic E-state index is 0.235. The first-order valence-electron chi connectivity index (χ1n) is 8.97. The van der Waals surface area contributed by atoms with Crippen LogP contribution in [0.25, 0.3) is 11.3 Å². The molecule has 2 aromatic rings. The molecular weight excluding hydrogens is 330 g/mol. The number of esters is 2. The third-order valence-corrected chi connectivity index (χ3v) is 4.60. The van der Waals surface area contributed by atoms with Crippen molar-refractivity contribution in [2.24, 2.45) is 5.41 Å². The maximum Gasteiger partial charge on any atom is 0.347 e. The first-order chi connectivity index (χ1) is 12.4. The molecule has 0 amide bonds. The number of rotatable bonds is 3. The minimum Gasteiger partial charge on any atom is -0.389 e. The molecule has 1 aliphatic heterocycles. The fourth-order valence-corrected chi connectivity index (χ4v) is 3.05. The summed E-state index contributed by atoms with van der Waals surface area (Å²) < 4.78 is 5.16. The summed E-state index contributed by atoms with van der Waals surface area (Å²) in [5.74, 6) is -0.875. The molecule has 2 aromatic heterocycles. The summed E-state index contributed by atoms with van der Waals surface area (Å²) in [6.45, 7) is 7.01. The Labute approximate surface area is 153 Å². The van der Waals surface area contributed by atoms with Crippen molar-refractivity contribution >= 4 is 11.9 Å².